The van der Waals surface area contributed by atoms with Gasteiger partial charge in [-0.25, -0.2) is 0 Å². The summed E-state index contributed by atoms with van der Waals surface area (Å²) >= 11 is 0. The number of carbonyl (C=O) groups is 1. The number of amides is 1. The van der Waals surface area contributed by atoms with Crippen molar-refractivity contribution < 1.29 is 4.79 Å². The van der Waals surface area contributed by atoms with E-state index in [0.717, 1.165) is 6.54 Å². The van der Waals surface area contributed by atoms with Gasteiger partial charge in [-0.05, 0) is 12.8 Å². The van der Waals surface area contributed by atoms with Crippen molar-refractivity contribution >= 4 is 5.91 Å². The van der Waals surface area contributed by atoms with E-state index in [1.54, 1.807) is 0 Å². The largest absolute Gasteiger partial charge is 0.344 e. The number of nitrogens with one attached hydrogen (secondary N) is 1. The van der Waals surface area contributed by atoms with Gasteiger partial charge < -0.3 is 5.32 Å². The van der Waals surface area contributed by atoms with Gasteiger partial charge in [-0.1, -0.05) is 19.8 Å². The van der Waals surface area contributed by atoms with Gasteiger partial charge in [0.25, 0.3) is 0 Å². The van der Waals surface area contributed by atoms with Gasteiger partial charge in [0.1, 0.15) is 0 Å². The van der Waals surface area contributed by atoms with Crippen molar-refractivity contribution in [2.45, 2.75) is 33.2 Å². The minimum Gasteiger partial charge on any atom is -0.344 e. The van der Waals surface area contributed by atoms with Crippen LogP contribution >= 0.6 is 0 Å². The lowest BCUT2D eigenvalue weighted by molar-refractivity contribution is -0.125. The fourth-order valence-electron chi connectivity index (χ4n) is 1.56. The lowest BCUT2D eigenvalue weighted by Gasteiger charge is -2.28. The molecule has 0 aliphatic heterocycles. The minimum absolute atomic E-state index is 0.0819. The van der Waals surface area contributed by atoms with E-state index in [1.807, 2.05) is 11.8 Å². The summed E-state index contributed by atoms with van der Waals surface area (Å²) in [5.41, 5.74) is 0. The first-order valence-corrected chi connectivity index (χ1v) is 5.85. The van der Waals surface area contributed by atoms with Crippen LogP contribution in [0, 0.1) is 29.6 Å². The number of rotatable bonds is 7. The van der Waals surface area contributed by atoms with Crippen molar-refractivity contribution in [2.75, 3.05) is 19.6 Å². The number of hydrogen-bond acceptors (Lipinski definition) is 3. The average molecular weight is 235 g/mol. The molecule has 94 valence electrons. The molecule has 4 heteroatoms. The Morgan fingerprint density at radius 3 is 2.59 bits per heavy atom. The Balaban J connectivity index is 4.40. The first-order valence-electron chi connectivity index (χ1n) is 5.85. The number of nitrogens with zero attached hydrogens (tertiary/aromatic N) is 2. The molecule has 0 spiro atoms. The molecule has 17 heavy (non-hydrogen) atoms. The molecular weight excluding hydrogens is 214 g/mol. The molecule has 0 rings (SSSR count). The first kappa shape index (κ1) is 15.5. The van der Waals surface area contributed by atoms with Gasteiger partial charge in [0.2, 0.25) is 5.91 Å². The summed E-state index contributed by atoms with van der Waals surface area (Å²) in [6.45, 7) is 7.67. The summed E-state index contributed by atoms with van der Waals surface area (Å²) in [5.74, 6) is 2.75. The molecule has 0 saturated heterocycles. The maximum absolute atomic E-state index is 11.8. The van der Waals surface area contributed by atoms with Crippen LogP contribution in [0.2, 0.25) is 0 Å². The molecule has 0 bridgehead atoms. The van der Waals surface area contributed by atoms with Crippen molar-refractivity contribution in [3.63, 3.8) is 0 Å². The van der Waals surface area contributed by atoms with Crippen LogP contribution in [-0.4, -0.2) is 36.5 Å². The molecule has 0 aliphatic rings. The summed E-state index contributed by atoms with van der Waals surface area (Å²) in [4.78, 5) is 13.8. The molecule has 0 aromatic carbocycles. The third kappa shape index (κ3) is 6.60. The Labute approximate surface area is 104 Å². The number of terminal acetylenes is 1. The second-order valence-electron chi connectivity index (χ2n) is 4.39. The number of hydrogen-bond donors (Lipinski definition) is 1. The van der Waals surface area contributed by atoms with Crippen LogP contribution in [0.4, 0.5) is 0 Å². The molecule has 4 nitrogen and oxygen atoms in total. The molecule has 0 aromatic heterocycles. The Kier molecular flexibility index (Phi) is 7.84. The smallest absolute Gasteiger partial charge is 0.237 e. The molecule has 1 atom stereocenters. The highest BCUT2D eigenvalue weighted by Crippen LogP contribution is 2.05. The van der Waals surface area contributed by atoms with Gasteiger partial charge in [0, 0.05) is 19.5 Å². The van der Waals surface area contributed by atoms with E-state index in [9.17, 15) is 4.79 Å². The summed E-state index contributed by atoms with van der Waals surface area (Å²) in [6.07, 6.45) is 5.52. The van der Waals surface area contributed by atoms with E-state index in [0.29, 0.717) is 18.9 Å². The van der Waals surface area contributed by atoms with E-state index >= 15 is 0 Å². The van der Waals surface area contributed by atoms with Gasteiger partial charge in [-0.15, -0.1) is 6.42 Å². The molecule has 0 saturated carbocycles. The van der Waals surface area contributed by atoms with Gasteiger partial charge in [0.05, 0.1) is 18.7 Å². The molecule has 1 N–H and O–H groups in total. The fourth-order valence-corrected chi connectivity index (χ4v) is 1.56. The highest BCUT2D eigenvalue weighted by Gasteiger charge is 2.21. The Hall–Kier alpha value is -1.52. The number of nitriles is 1. The van der Waals surface area contributed by atoms with Crippen molar-refractivity contribution in [3.05, 3.63) is 0 Å². The van der Waals surface area contributed by atoms with E-state index in [1.165, 1.54) is 0 Å². The van der Waals surface area contributed by atoms with Crippen LogP contribution < -0.4 is 5.32 Å². The summed E-state index contributed by atoms with van der Waals surface area (Å²) < 4.78 is 0. The van der Waals surface area contributed by atoms with Crippen LogP contribution in [0.3, 0.4) is 0 Å². The zero-order valence-corrected chi connectivity index (χ0v) is 10.9. The monoisotopic (exact) mass is 235 g/mol. The van der Waals surface area contributed by atoms with Gasteiger partial charge >= 0.3 is 0 Å². The van der Waals surface area contributed by atoms with E-state index in [-0.39, 0.29) is 18.5 Å². The second-order valence-corrected chi connectivity index (χ2v) is 4.39. The van der Waals surface area contributed by atoms with Gasteiger partial charge in [-0.3, -0.25) is 9.69 Å². The lowest BCUT2D eigenvalue weighted by atomic mass is 10.1. The van der Waals surface area contributed by atoms with Crippen molar-refractivity contribution in [2.24, 2.45) is 5.92 Å². The zero-order chi connectivity index (χ0) is 13.3. The quantitative estimate of drug-likeness (QED) is 0.670. The molecule has 0 radical (unpaired) electrons. The van der Waals surface area contributed by atoms with Gasteiger partial charge in [-0.2, -0.15) is 5.26 Å². The fraction of sp³-hybridized carbons (Fsp3) is 0.692. The number of carbonyl (C=O) groups excluding carboxylic acids is 1. The van der Waals surface area contributed by atoms with Crippen LogP contribution in [0.15, 0.2) is 0 Å². The molecule has 1 amide bonds. The third-order valence-electron chi connectivity index (χ3n) is 2.40. The lowest BCUT2D eigenvalue weighted by Crippen LogP contribution is -2.46. The molecule has 0 aromatic rings. The maximum Gasteiger partial charge on any atom is 0.237 e. The Bertz CT molecular complexity index is 312. The predicted octanol–water partition coefficient (Wildman–Crippen LogP) is 0.996. The van der Waals surface area contributed by atoms with Crippen LogP contribution in [0.1, 0.15) is 27.2 Å². The van der Waals surface area contributed by atoms with Crippen molar-refractivity contribution in [3.8, 4) is 18.4 Å². The summed E-state index contributed by atoms with van der Waals surface area (Å²) in [7, 11) is 0. The molecule has 0 aliphatic carbocycles. The molecule has 0 fully saturated rings. The third-order valence-corrected chi connectivity index (χ3v) is 2.40. The normalized spacial score (nSPS) is 11.9. The van der Waals surface area contributed by atoms with Gasteiger partial charge in [0.15, 0.2) is 0 Å². The molecule has 0 heterocycles. The highest BCUT2D eigenvalue weighted by molar-refractivity contribution is 5.81. The predicted molar refractivity (Wildman–Crippen MR) is 67.9 cm³/mol. The standard InChI is InChI=1S/C13H21N3O/c1-5-8-15-13(17)12(4)16(9-6-7-14)10-11(2)3/h1,11-12H,6,8-10H2,2-4H3,(H,15,17). The SMILES string of the molecule is C#CCNC(=O)C(C)N(CCC#N)CC(C)C. The first-order chi connectivity index (χ1) is 8.02. The van der Waals surface area contributed by atoms with Crippen molar-refractivity contribution in [1.29, 1.82) is 5.26 Å². The summed E-state index contributed by atoms with van der Waals surface area (Å²) in [5, 5.41) is 11.3. The van der Waals surface area contributed by atoms with E-state index < -0.39 is 0 Å². The Morgan fingerprint density at radius 2 is 2.12 bits per heavy atom. The summed E-state index contributed by atoms with van der Waals surface area (Å²) in [6, 6.07) is 1.85. The van der Waals surface area contributed by atoms with Crippen LogP contribution in [-0.2, 0) is 4.79 Å². The Morgan fingerprint density at radius 1 is 1.47 bits per heavy atom. The maximum atomic E-state index is 11.8. The van der Waals surface area contributed by atoms with Crippen LogP contribution in [0.5, 0.6) is 0 Å². The average Bonchev–Trinajstić information content (AvgIpc) is 2.29. The molecular formula is C13H21N3O. The minimum atomic E-state index is -0.251. The van der Waals surface area contributed by atoms with E-state index in [2.05, 4.69) is 31.2 Å². The molecule has 1 unspecified atom stereocenters. The topological polar surface area (TPSA) is 56.1 Å². The van der Waals surface area contributed by atoms with Crippen LogP contribution in [0.25, 0.3) is 0 Å². The highest BCUT2D eigenvalue weighted by atomic mass is 16.2. The zero-order valence-electron chi connectivity index (χ0n) is 10.9. The van der Waals surface area contributed by atoms with Crippen molar-refractivity contribution in [1.82, 2.24) is 10.2 Å². The second kappa shape index (κ2) is 8.61. The van der Waals surface area contributed by atoms with E-state index in [4.69, 9.17) is 11.7 Å².